The van der Waals surface area contributed by atoms with Crippen LogP contribution in [0.5, 0.6) is 5.88 Å². The second-order valence-corrected chi connectivity index (χ2v) is 4.29. The average Bonchev–Trinajstić information content (AvgIpc) is 2.56. The largest absolute Gasteiger partial charge is 0.456 e. The maximum Gasteiger partial charge on any atom is 0.220 e. The van der Waals surface area contributed by atoms with E-state index in [1.807, 2.05) is 0 Å². The molecular formula is C13H13N9O. The summed E-state index contributed by atoms with van der Waals surface area (Å²) in [6, 6.07) is 3.29. The molecule has 0 atom stereocenters. The number of rotatable bonds is 6. The van der Waals surface area contributed by atoms with Crippen LogP contribution in [0.2, 0.25) is 0 Å². The molecule has 0 aliphatic rings. The van der Waals surface area contributed by atoms with Crippen LogP contribution in [0.1, 0.15) is 0 Å². The monoisotopic (exact) mass is 311 g/mol. The van der Waals surface area contributed by atoms with E-state index in [0.717, 1.165) is 0 Å². The Morgan fingerprint density at radius 2 is 2.00 bits per heavy atom. The fourth-order valence-electron chi connectivity index (χ4n) is 1.66. The SMILES string of the molecule is Nc1cc(Nc2cc(OCNc3cnccn3)ncn2)cnn1. The fraction of sp³-hybridized carbons (Fsp3) is 0.0769. The van der Waals surface area contributed by atoms with Crippen LogP contribution >= 0.6 is 0 Å². The topological polar surface area (TPSA) is 137 Å². The summed E-state index contributed by atoms with van der Waals surface area (Å²) in [5, 5.41) is 13.4. The van der Waals surface area contributed by atoms with Crippen molar-refractivity contribution in [2.75, 3.05) is 23.1 Å². The van der Waals surface area contributed by atoms with Gasteiger partial charge in [-0.3, -0.25) is 4.98 Å². The molecule has 0 aliphatic heterocycles. The summed E-state index contributed by atoms with van der Waals surface area (Å²) in [7, 11) is 0. The molecule has 0 spiro atoms. The molecule has 4 N–H and O–H groups in total. The minimum atomic E-state index is 0.193. The van der Waals surface area contributed by atoms with Crippen molar-refractivity contribution in [2.24, 2.45) is 0 Å². The van der Waals surface area contributed by atoms with E-state index in [9.17, 15) is 0 Å². The van der Waals surface area contributed by atoms with Crippen molar-refractivity contribution in [3.05, 3.63) is 43.2 Å². The molecule has 0 fully saturated rings. The average molecular weight is 311 g/mol. The molecule has 0 aromatic carbocycles. The minimum absolute atomic E-state index is 0.193. The van der Waals surface area contributed by atoms with Crippen molar-refractivity contribution in [3.8, 4) is 5.88 Å². The van der Waals surface area contributed by atoms with Gasteiger partial charge in [0.15, 0.2) is 6.73 Å². The zero-order chi connectivity index (χ0) is 15.9. The van der Waals surface area contributed by atoms with Gasteiger partial charge in [0.1, 0.15) is 23.8 Å². The summed E-state index contributed by atoms with van der Waals surface area (Å²) >= 11 is 0. The van der Waals surface area contributed by atoms with E-state index in [0.29, 0.717) is 29.0 Å². The van der Waals surface area contributed by atoms with Gasteiger partial charge in [0.2, 0.25) is 5.88 Å². The third kappa shape index (κ3) is 4.20. The zero-order valence-corrected chi connectivity index (χ0v) is 11.9. The van der Waals surface area contributed by atoms with Gasteiger partial charge in [-0.2, -0.15) is 5.10 Å². The third-order valence-electron chi connectivity index (χ3n) is 2.62. The lowest BCUT2D eigenvalue weighted by atomic mass is 10.4. The minimum Gasteiger partial charge on any atom is -0.456 e. The first-order valence-corrected chi connectivity index (χ1v) is 6.59. The summed E-state index contributed by atoms with van der Waals surface area (Å²) < 4.78 is 5.49. The molecule has 3 rings (SSSR count). The van der Waals surface area contributed by atoms with Crippen molar-refractivity contribution in [2.45, 2.75) is 0 Å². The Bertz CT molecular complexity index is 768. The van der Waals surface area contributed by atoms with Gasteiger partial charge in [-0.25, -0.2) is 15.0 Å². The van der Waals surface area contributed by atoms with E-state index in [1.165, 1.54) is 12.5 Å². The predicted octanol–water partition coefficient (Wildman–Crippen LogP) is 0.831. The Balaban J connectivity index is 1.59. The van der Waals surface area contributed by atoms with Crippen LogP contribution in [0.3, 0.4) is 0 Å². The molecule has 3 aromatic heterocycles. The highest BCUT2D eigenvalue weighted by molar-refractivity contribution is 5.58. The summed E-state index contributed by atoms with van der Waals surface area (Å²) in [6.07, 6.45) is 7.70. The molecular weight excluding hydrogens is 298 g/mol. The van der Waals surface area contributed by atoms with E-state index in [4.69, 9.17) is 10.5 Å². The number of nitrogen functional groups attached to an aromatic ring is 1. The number of hydrogen-bond donors (Lipinski definition) is 3. The Kier molecular flexibility index (Phi) is 4.34. The smallest absolute Gasteiger partial charge is 0.220 e. The lowest BCUT2D eigenvalue weighted by Gasteiger charge is -2.09. The molecule has 10 heteroatoms. The zero-order valence-electron chi connectivity index (χ0n) is 11.9. The first-order chi connectivity index (χ1) is 11.3. The van der Waals surface area contributed by atoms with Gasteiger partial charge in [-0.1, -0.05) is 0 Å². The normalized spacial score (nSPS) is 10.1. The number of anilines is 4. The molecule has 0 saturated heterocycles. The second-order valence-electron chi connectivity index (χ2n) is 4.29. The number of nitrogens with zero attached hydrogens (tertiary/aromatic N) is 6. The molecule has 0 bridgehead atoms. The number of nitrogens with one attached hydrogen (secondary N) is 2. The number of ether oxygens (including phenoxy) is 1. The van der Waals surface area contributed by atoms with Crippen LogP contribution in [0, 0.1) is 0 Å². The summed E-state index contributed by atoms with van der Waals surface area (Å²) in [5.41, 5.74) is 6.24. The highest BCUT2D eigenvalue weighted by Gasteiger charge is 2.02. The lowest BCUT2D eigenvalue weighted by Crippen LogP contribution is -2.11. The van der Waals surface area contributed by atoms with E-state index in [2.05, 4.69) is 40.8 Å². The van der Waals surface area contributed by atoms with E-state index in [-0.39, 0.29) is 6.73 Å². The quantitative estimate of drug-likeness (QED) is 0.561. The number of hydrogen-bond acceptors (Lipinski definition) is 10. The van der Waals surface area contributed by atoms with Crippen LogP contribution < -0.4 is 21.1 Å². The number of aromatic nitrogens is 6. The Morgan fingerprint density at radius 1 is 1.04 bits per heavy atom. The summed E-state index contributed by atoms with van der Waals surface area (Å²) in [6.45, 7) is 0.193. The Hall–Kier alpha value is -3.56. The predicted molar refractivity (Wildman–Crippen MR) is 82.9 cm³/mol. The maximum atomic E-state index is 5.57. The van der Waals surface area contributed by atoms with Gasteiger partial charge >= 0.3 is 0 Å². The standard InChI is InChI=1S/C13H13N9O/c14-10-3-9(5-20-22-10)21-11-4-13(18-7-17-11)23-8-19-12-6-15-1-2-16-12/h1-7H,8H2,(H,16,19)(H3,14,17,18,21,22). The Labute approximate surface area is 131 Å². The summed E-state index contributed by atoms with van der Waals surface area (Å²) in [4.78, 5) is 16.1. The van der Waals surface area contributed by atoms with Crippen molar-refractivity contribution in [3.63, 3.8) is 0 Å². The van der Waals surface area contributed by atoms with Gasteiger partial charge in [0.05, 0.1) is 18.1 Å². The first-order valence-electron chi connectivity index (χ1n) is 6.59. The molecule has 0 saturated carbocycles. The van der Waals surface area contributed by atoms with Crippen LogP contribution in [0.15, 0.2) is 43.2 Å². The van der Waals surface area contributed by atoms with Crippen molar-refractivity contribution >= 4 is 23.1 Å². The maximum absolute atomic E-state index is 5.57. The van der Waals surface area contributed by atoms with Crippen molar-refractivity contribution in [1.82, 2.24) is 30.1 Å². The van der Waals surface area contributed by atoms with Crippen molar-refractivity contribution in [1.29, 1.82) is 0 Å². The second kappa shape index (κ2) is 6.93. The highest BCUT2D eigenvalue weighted by Crippen LogP contribution is 2.17. The molecule has 23 heavy (non-hydrogen) atoms. The Morgan fingerprint density at radius 3 is 2.83 bits per heavy atom. The fourth-order valence-corrected chi connectivity index (χ4v) is 1.66. The van der Waals surface area contributed by atoms with Crippen LogP contribution in [0.4, 0.5) is 23.1 Å². The van der Waals surface area contributed by atoms with Gasteiger partial charge in [0.25, 0.3) is 0 Å². The van der Waals surface area contributed by atoms with Gasteiger partial charge in [-0.05, 0) is 0 Å². The molecule has 0 aliphatic carbocycles. The van der Waals surface area contributed by atoms with E-state index >= 15 is 0 Å². The molecule has 10 nitrogen and oxygen atoms in total. The molecule has 3 aromatic rings. The summed E-state index contributed by atoms with van der Waals surface area (Å²) in [5.74, 6) is 1.86. The van der Waals surface area contributed by atoms with Crippen LogP contribution in [-0.4, -0.2) is 36.9 Å². The van der Waals surface area contributed by atoms with Crippen LogP contribution in [0.25, 0.3) is 0 Å². The van der Waals surface area contributed by atoms with Gasteiger partial charge in [0, 0.05) is 24.5 Å². The van der Waals surface area contributed by atoms with E-state index in [1.54, 1.807) is 30.7 Å². The van der Waals surface area contributed by atoms with Gasteiger partial charge in [-0.15, -0.1) is 5.10 Å². The first kappa shape index (κ1) is 14.4. The molecule has 116 valence electrons. The van der Waals surface area contributed by atoms with Crippen LogP contribution in [-0.2, 0) is 0 Å². The third-order valence-corrected chi connectivity index (χ3v) is 2.62. The molecule has 3 heterocycles. The molecule has 0 radical (unpaired) electrons. The van der Waals surface area contributed by atoms with Crippen molar-refractivity contribution < 1.29 is 4.74 Å². The highest BCUT2D eigenvalue weighted by atomic mass is 16.5. The molecule has 0 amide bonds. The molecule has 0 unspecified atom stereocenters. The lowest BCUT2D eigenvalue weighted by molar-refractivity contribution is 0.332. The van der Waals surface area contributed by atoms with Gasteiger partial charge < -0.3 is 21.1 Å². The van der Waals surface area contributed by atoms with E-state index < -0.39 is 0 Å². The number of nitrogens with two attached hydrogens (primary N) is 1.